The molecule has 5 nitrogen and oxygen atoms in total. The summed E-state index contributed by atoms with van der Waals surface area (Å²) in [7, 11) is 0. The van der Waals surface area contributed by atoms with Gasteiger partial charge in [0, 0.05) is 6.07 Å². The zero-order valence-electron chi connectivity index (χ0n) is 15.1. The number of nitriles is 1. The molecule has 6 heteroatoms. The molecular weight excluding hydrogens is 345 g/mol. The van der Waals surface area contributed by atoms with Crippen LogP contribution in [0.1, 0.15) is 12.5 Å². The SMILES string of the molecule is [2H]c1nn(-c2ccc(OCc3ccccc3)c(F)c2)c2cc(C#N)cc(O)c12. The van der Waals surface area contributed by atoms with Crippen molar-refractivity contribution in [2.75, 3.05) is 0 Å². The molecule has 1 aromatic heterocycles. The zero-order valence-corrected chi connectivity index (χ0v) is 14.1. The van der Waals surface area contributed by atoms with Crippen LogP contribution in [-0.2, 0) is 6.61 Å². The third-order valence-electron chi connectivity index (χ3n) is 4.11. The average molecular weight is 360 g/mol. The summed E-state index contributed by atoms with van der Waals surface area (Å²) in [6.45, 7) is 0.234. The fourth-order valence-corrected chi connectivity index (χ4v) is 2.78. The molecule has 0 saturated heterocycles. The second kappa shape index (κ2) is 6.81. The Hall–Kier alpha value is -3.85. The third-order valence-corrected chi connectivity index (χ3v) is 4.11. The summed E-state index contributed by atoms with van der Waals surface area (Å²) >= 11 is 0. The number of hydrogen-bond donors (Lipinski definition) is 1. The first-order chi connectivity index (χ1) is 13.6. The number of halogens is 1. The Balaban J connectivity index is 1.70. The quantitative estimate of drug-likeness (QED) is 0.588. The summed E-state index contributed by atoms with van der Waals surface area (Å²) in [6, 6.07) is 18.5. The molecule has 1 N–H and O–H groups in total. The molecule has 0 aliphatic rings. The Morgan fingerprint density at radius 1 is 1.19 bits per heavy atom. The van der Waals surface area contributed by atoms with Gasteiger partial charge in [-0.25, -0.2) is 9.07 Å². The minimum Gasteiger partial charge on any atom is -0.507 e. The average Bonchev–Trinajstić information content (AvgIpc) is 3.04. The Kier molecular flexibility index (Phi) is 3.89. The van der Waals surface area contributed by atoms with Crippen molar-refractivity contribution < 1.29 is 15.6 Å². The molecule has 0 bridgehead atoms. The van der Waals surface area contributed by atoms with Gasteiger partial charge in [-0.15, -0.1) is 0 Å². The lowest BCUT2D eigenvalue weighted by Crippen LogP contribution is -2.00. The molecule has 4 rings (SSSR count). The molecule has 0 saturated carbocycles. The van der Waals surface area contributed by atoms with Gasteiger partial charge in [-0.2, -0.15) is 10.4 Å². The second-order valence-electron chi connectivity index (χ2n) is 5.91. The molecule has 132 valence electrons. The van der Waals surface area contributed by atoms with Crippen LogP contribution >= 0.6 is 0 Å². The van der Waals surface area contributed by atoms with Crippen LogP contribution in [0.5, 0.6) is 11.5 Å². The zero-order chi connectivity index (χ0) is 19.7. The van der Waals surface area contributed by atoms with E-state index in [4.69, 9.17) is 11.4 Å². The molecule has 3 aromatic carbocycles. The van der Waals surface area contributed by atoms with Crippen molar-refractivity contribution in [2.24, 2.45) is 0 Å². The summed E-state index contributed by atoms with van der Waals surface area (Å²) in [6.07, 6.45) is -0.165. The predicted molar refractivity (Wildman–Crippen MR) is 98.2 cm³/mol. The van der Waals surface area contributed by atoms with Crippen molar-refractivity contribution in [3.05, 3.63) is 83.8 Å². The number of phenolic OH excluding ortho intramolecular Hbond substituents is 1. The Morgan fingerprint density at radius 2 is 2.00 bits per heavy atom. The summed E-state index contributed by atoms with van der Waals surface area (Å²) in [4.78, 5) is 0. The molecule has 4 aromatic rings. The molecule has 1 heterocycles. The van der Waals surface area contributed by atoms with Crippen LogP contribution in [0, 0.1) is 17.1 Å². The van der Waals surface area contributed by atoms with Crippen LogP contribution < -0.4 is 4.74 Å². The Morgan fingerprint density at radius 3 is 2.74 bits per heavy atom. The van der Waals surface area contributed by atoms with E-state index in [1.165, 1.54) is 28.9 Å². The fourth-order valence-electron chi connectivity index (χ4n) is 2.78. The van der Waals surface area contributed by atoms with Gasteiger partial charge in [0.2, 0.25) is 0 Å². The summed E-state index contributed by atoms with van der Waals surface area (Å²) < 4.78 is 29.4. The van der Waals surface area contributed by atoms with Gasteiger partial charge in [-0.1, -0.05) is 30.3 Å². The van der Waals surface area contributed by atoms with Crippen molar-refractivity contribution >= 4 is 10.9 Å². The molecule has 0 spiro atoms. The van der Waals surface area contributed by atoms with Crippen molar-refractivity contribution in [1.29, 1.82) is 5.26 Å². The third kappa shape index (κ3) is 3.18. The number of aromatic nitrogens is 2. The van der Waals surface area contributed by atoms with Crippen LogP contribution in [0.15, 0.2) is 66.8 Å². The second-order valence-corrected chi connectivity index (χ2v) is 5.91. The summed E-state index contributed by atoms with van der Waals surface area (Å²) in [5.74, 6) is -0.700. The Labute approximate surface area is 155 Å². The number of hydrogen-bond acceptors (Lipinski definition) is 4. The van der Waals surface area contributed by atoms with E-state index in [0.29, 0.717) is 11.2 Å². The smallest absolute Gasteiger partial charge is 0.167 e. The van der Waals surface area contributed by atoms with Crippen molar-refractivity contribution in [2.45, 2.75) is 6.61 Å². The number of benzene rings is 3. The minimum absolute atomic E-state index is 0.0933. The summed E-state index contributed by atoms with van der Waals surface area (Å²) in [5, 5.41) is 23.5. The highest BCUT2D eigenvalue weighted by Crippen LogP contribution is 2.29. The van der Waals surface area contributed by atoms with E-state index < -0.39 is 5.82 Å². The van der Waals surface area contributed by atoms with Crippen molar-refractivity contribution in [3.8, 4) is 23.3 Å². The monoisotopic (exact) mass is 360 g/mol. The van der Waals surface area contributed by atoms with Crippen LogP contribution in [0.2, 0.25) is 0 Å². The van der Waals surface area contributed by atoms with Crippen LogP contribution in [0.3, 0.4) is 0 Å². The number of rotatable bonds is 4. The lowest BCUT2D eigenvalue weighted by atomic mass is 10.1. The van der Waals surface area contributed by atoms with Gasteiger partial charge < -0.3 is 9.84 Å². The molecule has 0 atom stereocenters. The maximum atomic E-state index is 14.6. The minimum atomic E-state index is -0.579. The Bertz CT molecular complexity index is 1220. The van der Waals surface area contributed by atoms with Crippen LogP contribution in [0.4, 0.5) is 4.39 Å². The normalized spacial score (nSPS) is 11.2. The summed E-state index contributed by atoms with van der Waals surface area (Å²) in [5.41, 5.74) is 1.83. The first-order valence-corrected chi connectivity index (χ1v) is 8.16. The van der Waals surface area contributed by atoms with Gasteiger partial charge in [-0.3, -0.25) is 0 Å². The highest BCUT2D eigenvalue weighted by molar-refractivity contribution is 5.87. The van der Waals surface area contributed by atoms with Crippen molar-refractivity contribution in [3.63, 3.8) is 0 Å². The van der Waals surface area contributed by atoms with Gasteiger partial charge in [-0.05, 0) is 29.8 Å². The molecule has 0 radical (unpaired) electrons. The van der Waals surface area contributed by atoms with Crippen LogP contribution in [0.25, 0.3) is 16.6 Å². The van der Waals surface area contributed by atoms with Gasteiger partial charge in [0.15, 0.2) is 11.6 Å². The van der Waals surface area contributed by atoms with E-state index >= 15 is 0 Å². The number of fused-ring (bicyclic) bond motifs is 1. The molecule has 0 aliphatic carbocycles. The number of nitrogens with zero attached hydrogens (tertiary/aromatic N) is 3. The molecule has 0 fully saturated rings. The van der Waals surface area contributed by atoms with Crippen LogP contribution in [-0.4, -0.2) is 14.9 Å². The first-order valence-electron chi connectivity index (χ1n) is 8.66. The lowest BCUT2D eigenvalue weighted by molar-refractivity contribution is 0.290. The highest BCUT2D eigenvalue weighted by atomic mass is 19.1. The molecular formula is C21H14FN3O2. The van der Waals surface area contributed by atoms with Crippen molar-refractivity contribution in [1.82, 2.24) is 9.78 Å². The largest absolute Gasteiger partial charge is 0.507 e. The fraction of sp³-hybridized carbons (Fsp3) is 0.0476. The molecule has 0 amide bonds. The molecule has 27 heavy (non-hydrogen) atoms. The van der Waals surface area contributed by atoms with E-state index in [0.717, 1.165) is 5.56 Å². The van der Waals surface area contributed by atoms with E-state index in [-0.39, 0.29) is 35.2 Å². The van der Waals surface area contributed by atoms with E-state index in [9.17, 15) is 9.50 Å². The topological polar surface area (TPSA) is 71.1 Å². The first kappa shape index (κ1) is 15.4. The highest BCUT2D eigenvalue weighted by Gasteiger charge is 2.13. The van der Waals surface area contributed by atoms with Gasteiger partial charge >= 0.3 is 0 Å². The number of ether oxygens (including phenoxy) is 1. The molecule has 0 unspecified atom stereocenters. The van der Waals surface area contributed by atoms with Gasteiger partial charge in [0.1, 0.15) is 12.4 Å². The standard InChI is InChI=1S/C21H14FN3O2/c22-18-10-16(6-7-21(18)27-13-14-4-2-1-3-5-14)25-19-8-15(11-23)9-20(26)17(19)12-24-25/h1-10,12,26H,13H2/i12D. The van der Waals surface area contributed by atoms with Gasteiger partial charge in [0.25, 0.3) is 0 Å². The maximum absolute atomic E-state index is 14.6. The maximum Gasteiger partial charge on any atom is 0.167 e. The predicted octanol–water partition coefficient (Wildman–Crippen LogP) is 4.32. The van der Waals surface area contributed by atoms with E-state index in [1.54, 1.807) is 6.07 Å². The molecule has 0 aliphatic heterocycles. The van der Waals surface area contributed by atoms with E-state index in [2.05, 4.69) is 5.10 Å². The lowest BCUT2D eigenvalue weighted by Gasteiger charge is -2.10. The van der Waals surface area contributed by atoms with Gasteiger partial charge in [0.05, 0.1) is 35.8 Å². The van der Waals surface area contributed by atoms with E-state index in [1.807, 2.05) is 36.4 Å². The number of aromatic hydroxyl groups is 1. The number of phenols is 1.